The molecule has 5 heteroatoms. The summed E-state index contributed by atoms with van der Waals surface area (Å²) in [4.78, 5) is 11.1. The molecule has 0 aliphatic rings. The minimum Gasteiger partial charge on any atom is -0.497 e. The molecule has 0 fully saturated rings. The van der Waals surface area contributed by atoms with Gasteiger partial charge in [-0.1, -0.05) is 6.92 Å². The molecule has 4 nitrogen and oxygen atoms in total. The lowest BCUT2D eigenvalue weighted by Crippen LogP contribution is -2.28. The van der Waals surface area contributed by atoms with Crippen molar-refractivity contribution in [3.63, 3.8) is 0 Å². The first-order valence-corrected chi connectivity index (χ1v) is 5.24. The Labute approximate surface area is 99.2 Å². The number of carbonyl (C=O) groups excluding carboxylic acids is 1. The van der Waals surface area contributed by atoms with Crippen LogP contribution >= 0.6 is 0 Å². The summed E-state index contributed by atoms with van der Waals surface area (Å²) in [6.07, 6.45) is 0. The maximum atomic E-state index is 13.3. The number of carbonyl (C=O) groups is 1. The van der Waals surface area contributed by atoms with Crippen molar-refractivity contribution in [3.8, 4) is 5.75 Å². The quantitative estimate of drug-likeness (QED) is 0.808. The van der Waals surface area contributed by atoms with Gasteiger partial charge in [-0.2, -0.15) is 0 Å². The van der Waals surface area contributed by atoms with E-state index in [2.05, 4.69) is 0 Å². The first kappa shape index (κ1) is 13.4. The van der Waals surface area contributed by atoms with E-state index in [-0.39, 0.29) is 6.61 Å². The van der Waals surface area contributed by atoms with Crippen molar-refractivity contribution < 1.29 is 19.0 Å². The molecule has 0 bridgehead atoms. The first-order chi connectivity index (χ1) is 7.99. The number of nitrogens with two attached hydrogens (primary N) is 1. The molecule has 0 radical (unpaired) electrons. The monoisotopic (exact) mass is 241 g/mol. The summed E-state index contributed by atoms with van der Waals surface area (Å²) in [6.45, 7) is 1.32. The second-order valence-corrected chi connectivity index (χ2v) is 3.90. The zero-order chi connectivity index (χ0) is 13.0. The van der Waals surface area contributed by atoms with Gasteiger partial charge in [-0.3, -0.25) is 4.79 Å². The molecule has 1 aromatic carbocycles. The molecule has 17 heavy (non-hydrogen) atoms. The number of methoxy groups -OCH3 is 1. The average molecular weight is 241 g/mol. The highest BCUT2D eigenvalue weighted by Crippen LogP contribution is 2.28. The van der Waals surface area contributed by atoms with Crippen LogP contribution in [0.5, 0.6) is 5.75 Å². The number of amides is 1. The number of benzene rings is 1. The molecule has 0 aliphatic heterocycles. The summed E-state index contributed by atoms with van der Waals surface area (Å²) in [5, 5.41) is 9.28. The predicted octanol–water partition coefficient (Wildman–Crippen LogP) is 1.03. The molecule has 1 aromatic rings. The van der Waals surface area contributed by atoms with E-state index in [4.69, 9.17) is 10.5 Å². The van der Waals surface area contributed by atoms with Crippen molar-refractivity contribution in [3.05, 3.63) is 29.6 Å². The molecule has 3 N–H and O–H groups in total. The fourth-order valence-electron chi connectivity index (χ4n) is 1.67. The molecule has 1 amide bonds. The fraction of sp³-hybridized carbons (Fsp3) is 0.417. The lowest BCUT2D eigenvalue weighted by atomic mass is 9.87. The molecule has 1 unspecified atom stereocenters. The Morgan fingerprint density at radius 1 is 1.53 bits per heavy atom. The van der Waals surface area contributed by atoms with E-state index in [0.29, 0.717) is 11.3 Å². The lowest BCUT2D eigenvalue weighted by molar-refractivity contribution is -0.122. The standard InChI is InChI=1S/C12H16FNO3/c1-7(12(14)16)11(6-15)8-3-9(13)5-10(4-8)17-2/h3-5,7,11,15H,6H2,1-2H3,(H2,14,16)/t7?,11-/m0/s1. The molecule has 0 aromatic heterocycles. The normalized spacial score (nSPS) is 14.1. The molecule has 0 spiro atoms. The van der Waals surface area contributed by atoms with Crippen LogP contribution < -0.4 is 10.5 Å². The number of primary amides is 1. The minimum absolute atomic E-state index is 0.281. The summed E-state index contributed by atoms with van der Waals surface area (Å²) in [5.74, 6) is -1.78. The number of ether oxygens (including phenoxy) is 1. The summed E-state index contributed by atoms with van der Waals surface area (Å²) in [6, 6.07) is 4.08. The van der Waals surface area contributed by atoms with Gasteiger partial charge < -0.3 is 15.6 Å². The van der Waals surface area contributed by atoms with Gasteiger partial charge in [-0.25, -0.2) is 4.39 Å². The Morgan fingerprint density at radius 2 is 2.18 bits per heavy atom. The van der Waals surface area contributed by atoms with Gasteiger partial charge in [0.05, 0.1) is 13.7 Å². The largest absolute Gasteiger partial charge is 0.497 e. The van der Waals surface area contributed by atoms with Crippen LogP contribution in [0.1, 0.15) is 18.4 Å². The zero-order valence-corrected chi connectivity index (χ0v) is 9.81. The van der Waals surface area contributed by atoms with E-state index in [1.54, 1.807) is 13.0 Å². The van der Waals surface area contributed by atoms with E-state index in [0.717, 1.165) is 0 Å². The van der Waals surface area contributed by atoms with E-state index in [1.165, 1.54) is 19.2 Å². The second-order valence-electron chi connectivity index (χ2n) is 3.90. The van der Waals surface area contributed by atoms with Gasteiger partial charge in [0.2, 0.25) is 5.91 Å². The van der Waals surface area contributed by atoms with Crippen LogP contribution in [0.4, 0.5) is 4.39 Å². The molecule has 0 saturated carbocycles. The van der Waals surface area contributed by atoms with E-state index < -0.39 is 23.6 Å². The van der Waals surface area contributed by atoms with Gasteiger partial charge in [0.15, 0.2) is 0 Å². The number of aliphatic hydroxyl groups is 1. The molecule has 2 atom stereocenters. The van der Waals surface area contributed by atoms with Gasteiger partial charge >= 0.3 is 0 Å². The highest BCUT2D eigenvalue weighted by atomic mass is 19.1. The third-order valence-corrected chi connectivity index (χ3v) is 2.81. The second kappa shape index (κ2) is 5.63. The maximum Gasteiger partial charge on any atom is 0.220 e. The Hall–Kier alpha value is -1.62. The van der Waals surface area contributed by atoms with Crippen molar-refractivity contribution >= 4 is 5.91 Å². The van der Waals surface area contributed by atoms with Gasteiger partial charge in [-0.05, 0) is 17.7 Å². The SMILES string of the molecule is COc1cc(F)cc([C@@H](CO)C(C)C(N)=O)c1. The van der Waals surface area contributed by atoms with Crippen LogP contribution in [0.3, 0.4) is 0 Å². The van der Waals surface area contributed by atoms with Crippen molar-refractivity contribution in [1.82, 2.24) is 0 Å². The Kier molecular flexibility index (Phi) is 4.45. The number of hydrogen-bond acceptors (Lipinski definition) is 3. The van der Waals surface area contributed by atoms with Crippen LogP contribution in [0.2, 0.25) is 0 Å². The summed E-state index contributed by atoms with van der Waals surface area (Å²) in [7, 11) is 1.42. The van der Waals surface area contributed by atoms with Crippen LogP contribution in [0.15, 0.2) is 18.2 Å². The predicted molar refractivity (Wildman–Crippen MR) is 61.1 cm³/mol. The minimum atomic E-state index is -0.577. The highest BCUT2D eigenvalue weighted by molar-refractivity contribution is 5.77. The topological polar surface area (TPSA) is 72.6 Å². The summed E-state index contributed by atoms with van der Waals surface area (Å²) < 4.78 is 18.2. The third kappa shape index (κ3) is 3.17. The van der Waals surface area contributed by atoms with Crippen LogP contribution in [0, 0.1) is 11.7 Å². The molecule has 0 heterocycles. The zero-order valence-electron chi connectivity index (χ0n) is 9.81. The van der Waals surface area contributed by atoms with Crippen molar-refractivity contribution in [2.75, 3.05) is 13.7 Å². The molecule has 1 rings (SSSR count). The van der Waals surface area contributed by atoms with Gasteiger partial charge in [0.1, 0.15) is 11.6 Å². The van der Waals surface area contributed by atoms with Gasteiger partial charge in [0, 0.05) is 17.9 Å². The van der Waals surface area contributed by atoms with Crippen LogP contribution in [0.25, 0.3) is 0 Å². The lowest BCUT2D eigenvalue weighted by Gasteiger charge is -2.20. The van der Waals surface area contributed by atoms with Crippen LogP contribution in [-0.4, -0.2) is 24.7 Å². The van der Waals surface area contributed by atoms with Gasteiger partial charge in [0.25, 0.3) is 0 Å². The van der Waals surface area contributed by atoms with E-state index >= 15 is 0 Å². The molecule has 0 aliphatic carbocycles. The molecule has 0 saturated heterocycles. The van der Waals surface area contributed by atoms with Crippen molar-refractivity contribution in [2.24, 2.45) is 11.7 Å². The summed E-state index contributed by atoms with van der Waals surface area (Å²) in [5.41, 5.74) is 5.68. The average Bonchev–Trinajstić information content (AvgIpc) is 2.28. The number of hydrogen-bond donors (Lipinski definition) is 2. The van der Waals surface area contributed by atoms with Crippen molar-refractivity contribution in [1.29, 1.82) is 0 Å². The van der Waals surface area contributed by atoms with E-state index in [9.17, 15) is 14.3 Å². The first-order valence-electron chi connectivity index (χ1n) is 5.24. The third-order valence-electron chi connectivity index (χ3n) is 2.81. The fourth-order valence-corrected chi connectivity index (χ4v) is 1.67. The Bertz CT molecular complexity index is 409. The molecular weight excluding hydrogens is 225 g/mol. The molecular formula is C12H16FNO3. The summed E-state index contributed by atoms with van der Waals surface area (Å²) >= 11 is 0. The highest BCUT2D eigenvalue weighted by Gasteiger charge is 2.24. The smallest absolute Gasteiger partial charge is 0.220 e. The van der Waals surface area contributed by atoms with Crippen LogP contribution in [-0.2, 0) is 4.79 Å². The number of halogens is 1. The van der Waals surface area contributed by atoms with Gasteiger partial charge in [-0.15, -0.1) is 0 Å². The maximum absolute atomic E-state index is 13.3. The molecule has 94 valence electrons. The Balaban J connectivity index is 3.11. The van der Waals surface area contributed by atoms with Crippen molar-refractivity contribution in [2.45, 2.75) is 12.8 Å². The Morgan fingerprint density at radius 3 is 2.65 bits per heavy atom. The number of rotatable bonds is 5. The number of aliphatic hydroxyl groups excluding tert-OH is 1. The van der Waals surface area contributed by atoms with E-state index in [1.807, 2.05) is 0 Å².